The quantitative estimate of drug-likeness (QED) is 0.725. The van der Waals surface area contributed by atoms with E-state index in [-0.39, 0.29) is 30.1 Å². The molecule has 148 valence electrons. The van der Waals surface area contributed by atoms with E-state index in [0.717, 1.165) is 16.5 Å². The second-order valence-corrected chi connectivity index (χ2v) is 7.35. The molecular formula is C23H22FN3O2. The molecule has 1 N–H and O–H groups in total. The molecule has 29 heavy (non-hydrogen) atoms. The van der Waals surface area contributed by atoms with Gasteiger partial charge in [-0.05, 0) is 36.2 Å². The fourth-order valence-electron chi connectivity index (χ4n) is 3.68. The summed E-state index contributed by atoms with van der Waals surface area (Å²) >= 11 is 0. The molecule has 2 heterocycles. The van der Waals surface area contributed by atoms with Gasteiger partial charge in [-0.2, -0.15) is 0 Å². The maximum Gasteiger partial charge on any atom is 0.225 e. The molecule has 1 fully saturated rings. The molecule has 2 aromatic carbocycles. The molecule has 0 radical (unpaired) electrons. The van der Waals surface area contributed by atoms with Gasteiger partial charge in [-0.25, -0.2) is 4.39 Å². The number of amides is 2. The van der Waals surface area contributed by atoms with Crippen molar-refractivity contribution in [2.45, 2.75) is 25.9 Å². The van der Waals surface area contributed by atoms with E-state index >= 15 is 0 Å². The summed E-state index contributed by atoms with van der Waals surface area (Å²) in [4.78, 5) is 30.8. The molecule has 1 aliphatic rings. The second kappa shape index (κ2) is 8.39. The summed E-state index contributed by atoms with van der Waals surface area (Å²) in [6.45, 7) is 0.912. The molecule has 0 saturated carbocycles. The minimum Gasteiger partial charge on any atom is -0.352 e. The Kier molecular flexibility index (Phi) is 5.51. The first-order valence-corrected chi connectivity index (χ1v) is 9.73. The van der Waals surface area contributed by atoms with Crippen molar-refractivity contribution in [2.75, 3.05) is 6.54 Å². The molecule has 4 rings (SSSR count). The Labute approximate surface area is 168 Å². The number of nitrogens with one attached hydrogen (secondary N) is 1. The van der Waals surface area contributed by atoms with Crippen LogP contribution in [0.3, 0.4) is 0 Å². The van der Waals surface area contributed by atoms with Crippen LogP contribution in [-0.4, -0.2) is 28.2 Å². The van der Waals surface area contributed by atoms with E-state index in [4.69, 9.17) is 0 Å². The maximum absolute atomic E-state index is 13.9. The van der Waals surface area contributed by atoms with Crippen LogP contribution >= 0.6 is 0 Å². The van der Waals surface area contributed by atoms with Gasteiger partial charge in [-0.15, -0.1) is 0 Å². The summed E-state index contributed by atoms with van der Waals surface area (Å²) < 4.78 is 13.9. The molecule has 6 heteroatoms. The van der Waals surface area contributed by atoms with Gasteiger partial charge in [0.1, 0.15) is 5.82 Å². The van der Waals surface area contributed by atoms with Gasteiger partial charge in [0.05, 0.1) is 11.4 Å². The third-order valence-corrected chi connectivity index (χ3v) is 5.32. The molecule has 1 atom stereocenters. The van der Waals surface area contributed by atoms with E-state index < -0.39 is 0 Å². The first-order chi connectivity index (χ1) is 14.1. The smallest absolute Gasteiger partial charge is 0.225 e. The van der Waals surface area contributed by atoms with Crippen LogP contribution in [0.5, 0.6) is 0 Å². The summed E-state index contributed by atoms with van der Waals surface area (Å²) in [5.74, 6) is -0.749. The predicted octanol–water partition coefficient (Wildman–Crippen LogP) is 3.43. The summed E-state index contributed by atoms with van der Waals surface area (Å²) in [6, 6.07) is 16.2. The summed E-state index contributed by atoms with van der Waals surface area (Å²) in [6.07, 6.45) is 2.56. The SMILES string of the molecule is O=C(NCc1ccc2ncccc2c1)C1CCC(=O)N(Cc2ccccc2F)C1. The lowest BCUT2D eigenvalue weighted by atomic mass is 9.96. The van der Waals surface area contributed by atoms with Gasteiger partial charge in [0.15, 0.2) is 0 Å². The number of rotatable bonds is 5. The van der Waals surface area contributed by atoms with Crippen molar-refractivity contribution in [2.24, 2.45) is 5.92 Å². The minimum atomic E-state index is -0.335. The number of fused-ring (bicyclic) bond motifs is 1. The lowest BCUT2D eigenvalue weighted by molar-refractivity contribution is -0.139. The van der Waals surface area contributed by atoms with Crippen molar-refractivity contribution in [1.82, 2.24) is 15.2 Å². The lowest BCUT2D eigenvalue weighted by Gasteiger charge is -2.32. The van der Waals surface area contributed by atoms with Crippen LogP contribution < -0.4 is 5.32 Å². The molecule has 2 amide bonds. The van der Waals surface area contributed by atoms with Crippen molar-refractivity contribution < 1.29 is 14.0 Å². The number of aromatic nitrogens is 1. The number of carbonyl (C=O) groups is 2. The molecule has 3 aromatic rings. The highest BCUT2D eigenvalue weighted by atomic mass is 19.1. The van der Waals surface area contributed by atoms with Crippen molar-refractivity contribution >= 4 is 22.7 Å². The number of pyridine rings is 1. The minimum absolute atomic E-state index is 0.0423. The molecule has 1 unspecified atom stereocenters. The number of nitrogens with zero attached hydrogens (tertiary/aromatic N) is 2. The predicted molar refractivity (Wildman–Crippen MR) is 108 cm³/mol. The normalized spacial score (nSPS) is 16.8. The van der Waals surface area contributed by atoms with Crippen LogP contribution in [0, 0.1) is 11.7 Å². The first kappa shape index (κ1) is 19.1. The standard InChI is InChI=1S/C23H22FN3O2/c24-20-6-2-1-4-18(20)14-27-15-19(8-10-22(27)28)23(29)26-13-16-7-9-21-17(12-16)5-3-11-25-21/h1-7,9,11-12,19H,8,10,13-15H2,(H,26,29). The molecule has 0 spiro atoms. The van der Waals surface area contributed by atoms with E-state index in [1.165, 1.54) is 6.07 Å². The lowest BCUT2D eigenvalue weighted by Crippen LogP contribution is -2.45. The Bertz CT molecular complexity index is 1050. The molecule has 0 bridgehead atoms. The van der Waals surface area contributed by atoms with Crippen molar-refractivity contribution in [1.29, 1.82) is 0 Å². The highest BCUT2D eigenvalue weighted by Crippen LogP contribution is 2.21. The topological polar surface area (TPSA) is 62.3 Å². The molecule has 5 nitrogen and oxygen atoms in total. The summed E-state index contributed by atoms with van der Waals surface area (Å²) in [5.41, 5.74) is 2.37. The van der Waals surface area contributed by atoms with E-state index in [1.807, 2.05) is 30.3 Å². The summed E-state index contributed by atoms with van der Waals surface area (Å²) in [5, 5.41) is 4.00. The van der Waals surface area contributed by atoms with Crippen molar-refractivity contribution in [3.8, 4) is 0 Å². The van der Waals surface area contributed by atoms with Gasteiger partial charge in [0.25, 0.3) is 0 Å². The van der Waals surface area contributed by atoms with Gasteiger partial charge in [-0.1, -0.05) is 30.3 Å². The summed E-state index contributed by atoms with van der Waals surface area (Å²) in [7, 11) is 0. The molecule has 0 aliphatic carbocycles. The van der Waals surface area contributed by atoms with Crippen molar-refractivity contribution in [3.05, 3.63) is 77.7 Å². The fraction of sp³-hybridized carbons (Fsp3) is 0.261. The highest BCUT2D eigenvalue weighted by molar-refractivity contribution is 5.84. The van der Waals surface area contributed by atoms with Gasteiger partial charge >= 0.3 is 0 Å². The van der Waals surface area contributed by atoms with Crippen molar-refractivity contribution in [3.63, 3.8) is 0 Å². The first-order valence-electron chi connectivity index (χ1n) is 9.73. The number of hydrogen-bond acceptors (Lipinski definition) is 3. The average Bonchev–Trinajstić information content (AvgIpc) is 2.75. The third-order valence-electron chi connectivity index (χ3n) is 5.32. The number of likely N-dealkylation sites (tertiary alicyclic amines) is 1. The number of piperidine rings is 1. The van der Waals surface area contributed by atoms with E-state index in [0.29, 0.717) is 31.5 Å². The monoisotopic (exact) mass is 391 g/mol. The zero-order valence-electron chi connectivity index (χ0n) is 16.0. The van der Waals surface area contributed by atoms with Gasteiger partial charge < -0.3 is 10.2 Å². The maximum atomic E-state index is 13.9. The van der Waals surface area contributed by atoms with E-state index in [1.54, 1.807) is 29.3 Å². The van der Waals surface area contributed by atoms with Gasteiger partial charge in [0.2, 0.25) is 11.8 Å². The average molecular weight is 391 g/mol. The zero-order valence-corrected chi connectivity index (χ0v) is 16.0. The Morgan fingerprint density at radius 2 is 2.03 bits per heavy atom. The van der Waals surface area contributed by atoms with Crippen LogP contribution in [0.2, 0.25) is 0 Å². The van der Waals surface area contributed by atoms with E-state index in [2.05, 4.69) is 10.3 Å². The number of benzene rings is 2. The Morgan fingerprint density at radius 1 is 1.17 bits per heavy atom. The van der Waals surface area contributed by atoms with Crippen LogP contribution in [0.4, 0.5) is 4.39 Å². The van der Waals surface area contributed by atoms with Crippen LogP contribution in [0.25, 0.3) is 10.9 Å². The molecule has 1 saturated heterocycles. The number of carbonyl (C=O) groups excluding carboxylic acids is 2. The van der Waals surface area contributed by atoms with Crippen LogP contribution in [-0.2, 0) is 22.7 Å². The second-order valence-electron chi connectivity index (χ2n) is 7.35. The zero-order chi connectivity index (χ0) is 20.2. The molecular weight excluding hydrogens is 369 g/mol. The largest absolute Gasteiger partial charge is 0.352 e. The Hall–Kier alpha value is -3.28. The third kappa shape index (κ3) is 4.42. The van der Waals surface area contributed by atoms with Gasteiger partial charge in [-0.3, -0.25) is 14.6 Å². The molecule has 1 aromatic heterocycles. The van der Waals surface area contributed by atoms with Crippen LogP contribution in [0.15, 0.2) is 60.8 Å². The number of halogens is 1. The Morgan fingerprint density at radius 3 is 2.90 bits per heavy atom. The molecule has 1 aliphatic heterocycles. The van der Waals surface area contributed by atoms with Crippen LogP contribution in [0.1, 0.15) is 24.0 Å². The van der Waals surface area contributed by atoms with E-state index in [9.17, 15) is 14.0 Å². The van der Waals surface area contributed by atoms with Gasteiger partial charge in [0, 0.05) is 43.2 Å². The Balaban J connectivity index is 1.37. The number of hydrogen-bond donors (Lipinski definition) is 1. The fourth-order valence-corrected chi connectivity index (χ4v) is 3.68. The highest BCUT2D eigenvalue weighted by Gasteiger charge is 2.30.